The number of amides is 2. The summed E-state index contributed by atoms with van der Waals surface area (Å²) < 4.78 is 18.2. The molecule has 1 aromatic carbocycles. The Labute approximate surface area is 160 Å². The number of halogens is 1. The zero-order valence-electron chi connectivity index (χ0n) is 15.3. The molecule has 1 heterocycles. The Hall–Kier alpha value is -2.74. The van der Waals surface area contributed by atoms with Crippen molar-refractivity contribution in [2.45, 2.75) is 39.7 Å². The van der Waals surface area contributed by atoms with Crippen LogP contribution in [0.3, 0.4) is 0 Å². The predicted octanol–water partition coefficient (Wildman–Crippen LogP) is 3.08. The van der Waals surface area contributed by atoms with Gasteiger partial charge in [-0.25, -0.2) is 4.39 Å². The van der Waals surface area contributed by atoms with Gasteiger partial charge in [0.2, 0.25) is 5.91 Å². The van der Waals surface area contributed by atoms with E-state index in [9.17, 15) is 18.8 Å². The summed E-state index contributed by atoms with van der Waals surface area (Å²) in [5.41, 5.74) is 5.14. The molecule has 0 fully saturated rings. The van der Waals surface area contributed by atoms with Gasteiger partial charge in [0.05, 0.1) is 0 Å². The summed E-state index contributed by atoms with van der Waals surface area (Å²) in [6, 6.07) is 7.05. The number of hydrogen-bond acceptors (Lipinski definition) is 5. The van der Waals surface area contributed by atoms with Crippen molar-refractivity contribution in [3.63, 3.8) is 0 Å². The predicted molar refractivity (Wildman–Crippen MR) is 100 cm³/mol. The summed E-state index contributed by atoms with van der Waals surface area (Å²) in [7, 11) is 0. The van der Waals surface area contributed by atoms with Crippen LogP contribution in [-0.2, 0) is 9.59 Å². The average molecular weight is 392 g/mol. The number of hydrazine groups is 1. The van der Waals surface area contributed by atoms with E-state index in [2.05, 4.69) is 10.9 Å². The first kappa shape index (κ1) is 20.6. The Morgan fingerprint density at radius 3 is 2.37 bits per heavy atom. The zero-order valence-corrected chi connectivity index (χ0v) is 16.1. The van der Waals surface area contributed by atoms with Crippen molar-refractivity contribution in [3.05, 3.63) is 51.5 Å². The molecule has 144 valence electrons. The van der Waals surface area contributed by atoms with Gasteiger partial charge in [-0.2, -0.15) is 0 Å². The highest BCUT2D eigenvalue weighted by Crippen LogP contribution is 2.22. The Kier molecular flexibility index (Phi) is 7.06. The Bertz CT molecular complexity index is 833. The van der Waals surface area contributed by atoms with Gasteiger partial charge in [-0.15, -0.1) is 11.3 Å². The van der Waals surface area contributed by atoms with Gasteiger partial charge in [0.1, 0.15) is 11.6 Å². The Morgan fingerprint density at radius 2 is 1.78 bits per heavy atom. The lowest BCUT2D eigenvalue weighted by molar-refractivity contribution is -0.132. The lowest BCUT2D eigenvalue weighted by atomic mass is 10.1. The molecule has 0 aliphatic rings. The van der Waals surface area contributed by atoms with E-state index in [1.54, 1.807) is 0 Å². The molecule has 6 nitrogen and oxygen atoms in total. The fourth-order valence-electron chi connectivity index (χ4n) is 2.34. The van der Waals surface area contributed by atoms with Crippen LogP contribution in [-0.4, -0.2) is 23.7 Å². The molecule has 0 radical (unpaired) electrons. The molecule has 27 heavy (non-hydrogen) atoms. The van der Waals surface area contributed by atoms with Crippen LogP contribution in [0.15, 0.2) is 30.3 Å². The van der Waals surface area contributed by atoms with Gasteiger partial charge in [0.15, 0.2) is 11.9 Å². The molecular formula is C19H21FN2O4S. The largest absolute Gasteiger partial charge is 0.481 e. The fourth-order valence-corrected chi connectivity index (χ4v) is 3.28. The molecule has 1 atom stereocenters. The van der Waals surface area contributed by atoms with E-state index >= 15 is 0 Å². The minimum atomic E-state index is -0.895. The van der Waals surface area contributed by atoms with Gasteiger partial charge in [-0.3, -0.25) is 25.2 Å². The molecule has 2 rings (SSSR count). The number of rotatable bonds is 7. The van der Waals surface area contributed by atoms with Gasteiger partial charge in [-0.05, 0) is 51.1 Å². The number of thiophene rings is 1. The van der Waals surface area contributed by atoms with Crippen molar-refractivity contribution in [2.24, 2.45) is 0 Å². The summed E-state index contributed by atoms with van der Waals surface area (Å²) >= 11 is 1.54. The second-order valence-electron chi connectivity index (χ2n) is 6.00. The molecule has 0 unspecified atom stereocenters. The van der Waals surface area contributed by atoms with Gasteiger partial charge >= 0.3 is 0 Å². The molecule has 2 N–H and O–H groups in total. The molecular weight excluding hydrogens is 371 g/mol. The van der Waals surface area contributed by atoms with Crippen molar-refractivity contribution in [3.8, 4) is 5.75 Å². The number of nitrogens with one attached hydrogen (secondary N) is 2. The monoisotopic (exact) mass is 392 g/mol. The summed E-state index contributed by atoms with van der Waals surface area (Å²) in [6.45, 7) is 5.29. The Morgan fingerprint density at radius 1 is 1.11 bits per heavy atom. The highest BCUT2D eigenvalue weighted by Gasteiger charge is 2.17. The topological polar surface area (TPSA) is 84.5 Å². The Balaban J connectivity index is 1.74. The quantitative estimate of drug-likeness (QED) is 0.560. The highest BCUT2D eigenvalue weighted by atomic mass is 32.1. The summed E-state index contributed by atoms with van der Waals surface area (Å²) in [5, 5.41) is 0. The van der Waals surface area contributed by atoms with Crippen molar-refractivity contribution >= 4 is 28.9 Å². The van der Waals surface area contributed by atoms with E-state index < -0.39 is 23.7 Å². The molecule has 0 spiro atoms. The molecule has 0 saturated carbocycles. The smallest absolute Gasteiger partial charge is 0.279 e. The van der Waals surface area contributed by atoms with Crippen molar-refractivity contribution in [1.29, 1.82) is 0 Å². The minimum absolute atomic E-state index is 0.0410. The van der Waals surface area contributed by atoms with Gasteiger partial charge in [-0.1, -0.05) is 0 Å². The number of ether oxygens (including phenoxy) is 1. The zero-order chi connectivity index (χ0) is 20.0. The third-order valence-corrected chi connectivity index (χ3v) is 4.71. The third kappa shape index (κ3) is 6.18. The molecule has 1 aromatic heterocycles. The number of carbonyl (C=O) groups is 3. The number of carbonyl (C=O) groups excluding carboxylic acids is 3. The maximum absolute atomic E-state index is 12.8. The maximum atomic E-state index is 12.8. The van der Waals surface area contributed by atoms with Crippen molar-refractivity contribution < 1.29 is 23.5 Å². The minimum Gasteiger partial charge on any atom is -0.481 e. The van der Waals surface area contributed by atoms with Crippen molar-refractivity contribution in [2.75, 3.05) is 0 Å². The van der Waals surface area contributed by atoms with Gasteiger partial charge in [0.25, 0.3) is 5.91 Å². The second kappa shape index (κ2) is 9.27. The third-order valence-electron chi connectivity index (χ3n) is 3.74. The van der Waals surface area contributed by atoms with E-state index in [1.165, 1.54) is 42.5 Å². The normalized spacial score (nSPS) is 11.6. The van der Waals surface area contributed by atoms with E-state index in [4.69, 9.17) is 4.74 Å². The molecule has 0 aliphatic carbocycles. The SMILES string of the molecule is Cc1cc(C(=O)CCC(=O)NNC(=O)[C@@H](C)Oc2ccc(F)cc2)c(C)s1. The molecule has 0 bridgehead atoms. The van der Waals surface area contributed by atoms with Crippen molar-refractivity contribution in [1.82, 2.24) is 10.9 Å². The second-order valence-corrected chi connectivity index (χ2v) is 7.46. The molecule has 0 saturated heterocycles. The van der Waals surface area contributed by atoms with Crippen LogP contribution in [0.4, 0.5) is 4.39 Å². The summed E-state index contributed by atoms with van der Waals surface area (Å²) in [4.78, 5) is 37.9. The van der Waals surface area contributed by atoms with Crippen LogP contribution in [0.5, 0.6) is 5.75 Å². The lowest BCUT2D eigenvalue weighted by Crippen LogP contribution is -2.47. The first-order chi connectivity index (χ1) is 12.8. The number of hydrogen-bond donors (Lipinski definition) is 2. The first-order valence-corrected chi connectivity index (χ1v) is 9.19. The highest BCUT2D eigenvalue weighted by molar-refractivity contribution is 7.12. The number of Topliss-reactive ketones (excluding diaryl/α,β-unsaturated/α-hetero) is 1. The van der Waals surface area contributed by atoms with Gasteiger partial charge < -0.3 is 4.74 Å². The van der Waals surface area contributed by atoms with E-state index in [0.717, 1.165) is 9.75 Å². The maximum Gasteiger partial charge on any atom is 0.279 e. The van der Waals surface area contributed by atoms with E-state index in [1.807, 2.05) is 19.9 Å². The van der Waals surface area contributed by atoms with Crippen LogP contribution in [0.1, 0.15) is 39.9 Å². The summed E-state index contributed by atoms with van der Waals surface area (Å²) in [5.74, 6) is -1.23. The summed E-state index contributed by atoms with van der Waals surface area (Å²) in [6.07, 6.45) is -0.880. The van der Waals surface area contributed by atoms with Crippen LogP contribution in [0.2, 0.25) is 0 Å². The number of ketones is 1. The van der Waals surface area contributed by atoms with Gasteiger partial charge in [0, 0.05) is 28.2 Å². The molecule has 0 aliphatic heterocycles. The van der Waals surface area contributed by atoms with Crippen LogP contribution < -0.4 is 15.6 Å². The molecule has 2 amide bonds. The van der Waals surface area contributed by atoms with E-state index in [-0.39, 0.29) is 18.6 Å². The fraction of sp³-hybridized carbons (Fsp3) is 0.316. The number of aryl methyl sites for hydroxylation is 2. The average Bonchev–Trinajstić information content (AvgIpc) is 2.97. The van der Waals surface area contributed by atoms with Crippen LogP contribution >= 0.6 is 11.3 Å². The van der Waals surface area contributed by atoms with Crippen LogP contribution in [0, 0.1) is 19.7 Å². The first-order valence-electron chi connectivity index (χ1n) is 8.37. The molecule has 8 heteroatoms. The lowest BCUT2D eigenvalue weighted by Gasteiger charge is -2.15. The standard InChI is InChI=1S/C19H21FN2O4S/c1-11-10-16(13(3)27-11)17(23)8-9-18(24)21-22-19(25)12(2)26-15-6-4-14(20)5-7-15/h4-7,10,12H,8-9H2,1-3H3,(H,21,24)(H,22,25)/t12-/m1/s1. The number of benzene rings is 1. The molecule has 2 aromatic rings. The van der Waals surface area contributed by atoms with E-state index in [0.29, 0.717) is 11.3 Å². The van der Waals surface area contributed by atoms with Crippen LogP contribution in [0.25, 0.3) is 0 Å².